The molecule has 3 aromatic heterocycles. The highest BCUT2D eigenvalue weighted by Gasteiger charge is 2.21. The predicted molar refractivity (Wildman–Crippen MR) is 138 cm³/mol. The van der Waals surface area contributed by atoms with Gasteiger partial charge in [0.1, 0.15) is 0 Å². The molecule has 8 nitrogen and oxygen atoms in total. The molecule has 0 radical (unpaired) electrons. The third kappa shape index (κ3) is 5.79. The molecule has 0 bridgehead atoms. The molecular weight excluding hydrogens is 445 g/mol. The topological polar surface area (TPSA) is 93.5 Å². The van der Waals surface area contributed by atoms with E-state index in [1.807, 2.05) is 11.7 Å². The summed E-state index contributed by atoms with van der Waals surface area (Å²) >= 11 is 0. The minimum atomic E-state index is -0.454. The lowest BCUT2D eigenvalue weighted by atomic mass is 10.0. The van der Waals surface area contributed by atoms with Crippen LogP contribution in [0.2, 0.25) is 0 Å². The maximum Gasteiger partial charge on any atom is 0.211 e. The van der Waals surface area contributed by atoms with E-state index in [-0.39, 0.29) is 5.65 Å². The summed E-state index contributed by atoms with van der Waals surface area (Å²) in [6.07, 6.45) is 13.0. The Bertz CT molecular complexity index is 1300. The van der Waals surface area contributed by atoms with Gasteiger partial charge in [0.25, 0.3) is 0 Å². The standard InChI is InChI=1S/C13H18N4.C9H8FN3O.C4H8/c1-9-3-4-12(17-6-5-10(14)7-17)11-8-16(2)15-13(9)11;1-6-3-13-4-7(11-5-14)2-8(10)9(13)12-6;1-2-4-3-1/h3-4,8,10H,5-7,14H2,1-2H3;2-5H,1H3,(H,11,14);1-4H2. The summed E-state index contributed by atoms with van der Waals surface area (Å²) in [6, 6.07) is 5.88. The minimum Gasteiger partial charge on any atom is -0.369 e. The van der Waals surface area contributed by atoms with Crippen LogP contribution in [-0.4, -0.2) is 44.7 Å². The molecule has 35 heavy (non-hydrogen) atoms. The second-order valence-electron chi connectivity index (χ2n) is 9.33. The van der Waals surface area contributed by atoms with Crippen molar-refractivity contribution < 1.29 is 9.18 Å². The van der Waals surface area contributed by atoms with Gasteiger partial charge in [-0.2, -0.15) is 5.10 Å². The van der Waals surface area contributed by atoms with Crippen LogP contribution in [0.5, 0.6) is 0 Å². The molecule has 1 amide bonds. The van der Waals surface area contributed by atoms with Crippen molar-refractivity contribution in [2.45, 2.75) is 52.0 Å². The fourth-order valence-corrected chi connectivity index (χ4v) is 4.20. The molecule has 1 saturated heterocycles. The van der Waals surface area contributed by atoms with Gasteiger partial charge in [-0.05, 0) is 31.9 Å². The van der Waals surface area contributed by atoms with Gasteiger partial charge in [-0.15, -0.1) is 0 Å². The molecule has 2 fully saturated rings. The summed E-state index contributed by atoms with van der Waals surface area (Å²) in [5.74, 6) is -0.454. The SMILES string of the molecule is C1CCC1.Cc1ccc(N2CCC(N)C2)c2cn(C)nc12.Cc1cn2cc(NC=O)cc(F)c2n1. The Balaban J connectivity index is 0.000000144. The zero-order valence-electron chi connectivity index (χ0n) is 20.7. The monoisotopic (exact) mass is 479 g/mol. The van der Waals surface area contributed by atoms with Crippen molar-refractivity contribution in [1.29, 1.82) is 0 Å². The molecule has 3 N–H and O–H groups in total. The molecule has 4 heterocycles. The zero-order valence-corrected chi connectivity index (χ0v) is 20.7. The Morgan fingerprint density at radius 1 is 1.14 bits per heavy atom. The highest BCUT2D eigenvalue weighted by atomic mass is 19.1. The van der Waals surface area contributed by atoms with Crippen LogP contribution in [0.1, 0.15) is 43.4 Å². The van der Waals surface area contributed by atoms with Crippen molar-refractivity contribution in [1.82, 2.24) is 19.2 Å². The number of fused-ring (bicyclic) bond motifs is 2. The molecule has 186 valence electrons. The number of hydrogen-bond acceptors (Lipinski definition) is 5. The van der Waals surface area contributed by atoms with E-state index in [1.54, 1.807) is 19.3 Å². The van der Waals surface area contributed by atoms with Crippen molar-refractivity contribution in [3.8, 4) is 0 Å². The van der Waals surface area contributed by atoms with Crippen LogP contribution < -0.4 is 16.0 Å². The van der Waals surface area contributed by atoms with Gasteiger partial charge in [-0.25, -0.2) is 9.37 Å². The maximum absolute atomic E-state index is 13.3. The molecule has 9 heteroatoms. The number of carbonyl (C=O) groups is 1. The molecule has 1 aliphatic heterocycles. The molecule has 2 aliphatic rings. The normalized spacial score (nSPS) is 16.8. The number of aryl methyl sites for hydroxylation is 3. The van der Waals surface area contributed by atoms with E-state index >= 15 is 0 Å². The molecule has 1 unspecified atom stereocenters. The van der Waals surface area contributed by atoms with Gasteiger partial charge in [0, 0.05) is 61.9 Å². The van der Waals surface area contributed by atoms with Gasteiger partial charge in [0.05, 0.1) is 16.9 Å². The largest absolute Gasteiger partial charge is 0.369 e. The predicted octanol–water partition coefficient (Wildman–Crippen LogP) is 4.33. The molecule has 1 atom stereocenters. The summed E-state index contributed by atoms with van der Waals surface area (Å²) in [6.45, 7) is 5.88. The Hall–Kier alpha value is -3.46. The number of rotatable bonds is 3. The second-order valence-corrected chi connectivity index (χ2v) is 9.33. The fraction of sp³-hybridized carbons (Fsp3) is 0.423. The third-order valence-corrected chi connectivity index (χ3v) is 6.39. The number of benzene rings is 1. The average molecular weight is 480 g/mol. The number of anilines is 2. The van der Waals surface area contributed by atoms with E-state index < -0.39 is 5.82 Å². The highest BCUT2D eigenvalue weighted by molar-refractivity contribution is 5.93. The van der Waals surface area contributed by atoms with Crippen LogP contribution >= 0.6 is 0 Å². The van der Waals surface area contributed by atoms with Crippen LogP contribution in [0.15, 0.2) is 36.8 Å². The molecular formula is C26H34FN7O. The van der Waals surface area contributed by atoms with Crippen LogP contribution in [0.25, 0.3) is 16.6 Å². The number of pyridine rings is 1. The lowest BCUT2D eigenvalue weighted by molar-refractivity contribution is -0.105. The number of halogens is 1. The lowest BCUT2D eigenvalue weighted by Crippen LogP contribution is -2.26. The summed E-state index contributed by atoms with van der Waals surface area (Å²) in [5, 5.41) is 8.14. The van der Waals surface area contributed by atoms with Crippen LogP contribution in [0, 0.1) is 19.7 Å². The molecule has 1 aliphatic carbocycles. The van der Waals surface area contributed by atoms with Gasteiger partial charge < -0.3 is 20.4 Å². The Morgan fingerprint density at radius 2 is 1.89 bits per heavy atom. The molecule has 1 saturated carbocycles. The summed E-state index contributed by atoms with van der Waals surface area (Å²) < 4.78 is 16.8. The summed E-state index contributed by atoms with van der Waals surface area (Å²) in [4.78, 5) is 16.5. The first kappa shape index (κ1) is 24.7. The average Bonchev–Trinajstić information content (AvgIpc) is 3.46. The van der Waals surface area contributed by atoms with Crippen molar-refractivity contribution >= 4 is 34.3 Å². The van der Waals surface area contributed by atoms with Crippen LogP contribution in [0.4, 0.5) is 15.8 Å². The molecule has 6 rings (SSSR count). The van der Waals surface area contributed by atoms with E-state index in [0.717, 1.165) is 30.7 Å². The molecule has 0 spiro atoms. The van der Waals surface area contributed by atoms with Gasteiger partial charge in [-0.3, -0.25) is 9.48 Å². The van der Waals surface area contributed by atoms with E-state index in [1.165, 1.54) is 52.8 Å². The fourth-order valence-electron chi connectivity index (χ4n) is 4.20. The number of imidazole rings is 1. The Kier molecular flexibility index (Phi) is 7.65. The van der Waals surface area contributed by atoms with Gasteiger partial charge in [0.2, 0.25) is 6.41 Å². The zero-order chi connectivity index (χ0) is 24.9. The lowest BCUT2D eigenvalue weighted by Gasteiger charge is -2.19. The number of nitrogens with one attached hydrogen (secondary N) is 1. The smallest absolute Gasteiger partial charge is 0.211 e. The first-order chi connectivity index (χ1) is 16.9. The number of amides is 1. The number of carbonyl (C=O) groups excluding carboxylic acids is 1. The van der Waals surface area contributed by atoms with Gasteiger partial charge in [0.15, 0.2) is 11.5 Å². The third-order valence-electron chi connectivity index (χ3n) is 6.39. The number of hydrogen-bond donors (Lipinski definition) is 2. The number of nitrogens with two attached hydrogens (primary N) is 1. The van der Waals surface area contributed by atoms with E-state index in [2.05, 4.69) is 45.6 Å². The highest BCUT2D eigenvalue weighted by Crippen LogP contribution is 2.30. The Labute approximate surface area is 204 Å². The van der Waals surface area contributed by atoms with Crippen molar-refractivity contribution in [3.05, 3.63) is 53.9 Å². The Morgan fingerprint density at radius 3 is 2.51 bits per heavy atom. The maximum atomic E-state index is 13.3. The summed E-state index contributed by atoms with van der Waals surface area (Å²) in [5.41, 5.74) is 11.0. The van der Waals surface area contributed by atoms with Crippen LogP contribution in [0.3, 0.4) is 0 Å². The quantitative estimate of drug-likeness (QED) is 0.427. The van der Waals surface area contributed by atoms with Crippen molar-refractivity contribution in [2.75, 3.05) is 23.3 Å². The number of aromatic nitrogens is 4. The van der Waals surface area contributed by atoms with Gasteiger partial charge in [-0.1, -0.05) is 31.7 Å². The minimum absolute atomic E-state index is 0.263. The van der Waals surface area contributed by atoms with Gasteiger partial charge >= 0.3 is 0 Å². The van der Waals surface area contributed by atoms with E-state index in [4.69, 9.17) is 5.73 Å². The molecule has 1 aromatic carbocycles. The number of nitrogens with zero attached hydrogens (tertiary/aromatic N) is 5. The van der Waals surface area contributed by atoms with Crippen LogP contribution in [-0.2, 0) is 11.8 Å². The second kappa shape index (κ2) is 10.9. The molecule has 4 aromatic rings. The first-order valence-electron chi connectivity index (χ1n) is 12.1. The first-order valence-corrected chi connectivity index (χ1v) is 12.1. The van der Waals surface area contributed by atoms with E-state index in [0.29, 0.717) is 18.1 Å². The summed E-state index contributed by atoms with van der Waals surface area (Å²) in [7, 11) is 1.97. The van der Waals surface area contributed by atoms with Crippen molar-refractivity contribution in [2.24, 2.45) is 12.8 Å². The van der Waals surface area contributed by atoms with E-state index in [9.17, 15) is 9.18 Å². The van der Waals surface area contributed by atoms with Crippen molar-refractivity contribution in [3.63, 3.8) is 0 Å².